The lowest BCUT2D eigenvalue weighted by atomic mass is 10.2. The quantitative estimate of drug-likeness (QED) is 0.661. The first-order chi connectivity index (χ1) is 6.13. The summed E-state index contributed by atoms with van der Waals surface area (Å²) in [7, 11) is 0. The average molecular weight is 206 g/mol. The third-order valence-corrected chi connectivity index (χ3v) is 1.58. The van der Waals surface area contributed by atoms with Gasteiger partial charge in [0.15, 0.2) is 0 Å². The molecular weight excluding hydrogens is 198 g/mol. The number of rotatable bonds is 3. The topological polar surface area (TPSA) is 90.4 Å². The fourth-order valence-electron chi connectivity index (χ4n) is 0.824. The molecule has 1 atom stereocenters. The zero-order valence-electron chi connectivity index (χ0n) is 6.55. The Morgan fingerprint density at radius 2 is 2.62 bits per heavy atom. The Balaban J connectivity index is 2.54. The molecule has 6 nitrogen and oxygen atoms in total. The number of carbonyl (C=O) groups is 1. The zero-order valence-corrected chi connectivity index (χ0v) is 7.31. The van der Waals surface area contributed by atoms with Gasteiger partial charge >= 0.3 is 5.97 Å². The van der Waals surface area contributed by atoms with E-state index in [0.29, 0.717) is 5.69 Å². The van der Waals surface area contributed by atoms with Crippen molar-refractivity contribution in [1.29, 1.82) is 0 Å². The van der Waals surface area contributed by atoms with Crippen LogP contribution in [0.5, 0.6) is 0 Å². The number of aromatic nitrogens is 2. The second-order valence-corrected chi connectivity index (χ2v) is 2.61. The van der Waals surface area contributed by atoms with Gasteiger partial charge in [-0.3, -0.25) is 0 Å². The molecule has 1 aromatic rings. The lowest BCUT2D eigenvalue weighted by Crippen LogP contribution is -2.32. The van der Waals surface area contributed by atoms with E-state index in [1.165, 1.54) is 12.5 Å². The third kappa shape index (κ3) is 2.60. The molecule has 1 rings (SSSR count). The van der Waals surface area contributed by atoms with Crippen molar-refractivity contribution in [3.8, 4) is 0 Å². The van der Waals surface area contributed by atoms with E-state index in [0.717, 1.165) is 4.73 Å². The van der Waals surface area contributed by atoms with Crippen LogP contribution in [0.4, 0.5) is 0 Å². The molecule has 0 unspecified atom stereocenters. The van der Waals surface area contributed by atoms with Crippen LogP contribution in [0.25, 0.3) is 0 Å². The minimum atomic E-state index is -0.868. The Morgan fingerprint density at radius 1 is 1.92 bits per heavy atom. The number of hydrogen-bond acceptors (Lipinski definition) is 5. The van der Waals surface area contributed by atoms with Gasteiger partial charge in [-0.15, -0.1) is 0 Å². The largest absolute Gasteiger partial charge is 0.427 e. The molecule has 1 aromatic heterocycles. The maximum atomic E-state index is 10.7. The van der Waals surface area contributed by atoms with Gasteiger partial charge in [0.1, 0.15) is 24.2 Å². The summed E-state index contributed by atoms with van der Waals surface area (Å²) in [5.41, 5.74) is 5.86. The third-order valence-electron chi connectivity index (χ3n) is 1.43. The molecule has 0 spiro atoms. The standard InChI is InChI=1S/C6H8ClN3O3/c7-13-6(11)5(8)1-4-2-10(12)3-9-4/h2-3,5,12H,1,8H2/t5-/m0/s1. The summed E-state index contributed by atoms with van der Waals surface area (Å²) in [6.07, 6.45) is 2.69. The van der Waals surface area contributed by atoms with Crippen LogP contribution >= 0.6 is 11.9 Å². The number of halogens is 1. The minimum Gasteiger partial charge on any atom is -0.427 e. The van der Waals surface area contributed by atoms with E-state index in [9.17, 15) is 4.79 Å². The fourth-order valence-corrected chi connectivity index (χ4v) is 0.938. The first-order valence-corrected chi connectivity index (χ1v) is 3.74. The van der Waals surface area contributed by atoms with E-state index >= 15 is 0 Å². The molecule has 1 heterocycles. The molecule has 13 heavy (non-hydrogen) atoms. The summed E-state index contributed by atoms with van der Waals surface area (Å²) in [4.78, 5) is 14.5. The van der Waals surface area contributed by atoms with E-state index in [1.807, 2.05) is 0 Å². The van der Waals surface area contributed by atoms with Crippen molar-refractivity contribution in [3.05, 3.63) is 18.2 Å². The van der Waals surface area contributed by atoms with Crippen molar-refractivity contribution in [2.75, 3.05) is 0 Å². The lowest BCUT2D eigenvalue weighted by Gasteiger charge is -2.03. The summed E-state index contributed by atoms with van der Waals surface area (Å²) < 4.78 is 4.67. The first kappa shape index (κ1) is 9.82. The monoisotopic (exact) mass is 205 g/mol. The minimum absolute atomic E-state index is 0.166. The van der Waals surface area contributed by atoms with Crippen molar-refractivity contribution < 1.29 is 14.3 Å². The Hall–Kier alpha value is -1.27. The average Bonchev–Trinajstić information content (AvgIpc) is 2.49. The Labute approximate surface area is 79.0 Å². The van der Waals surface area contributed by atoms with Gasteiger partial charge in [0.2, 0.25) is 0 Å². The molecule has 72 valence electrons. The van der Waals surface area contributed by atoms with E-state index in [1.54, 1.807) is 0 Å². The fraction of sp³-hybridized carbons (Fsp3) is 0.333. The second-order valence-electron chi connectivity index (χ2n) is 2.45. The second kappa shape index (κ2) is 4.11. The van der Waals surface area contributed by atoms with Crippen molar-refractivity contribution >= 4 is 17.8 Å². The molecular formula is C6H8ClN3O3. The molecule has 0 bridgehead atoms. The first-order valence-electron chi connectivity index (χ1n) is 3.43. The number of nitrogens with zero attached hydrogens (tertiary/aromatic N) is 2. The van der Waals surface area contributed by atoms with Crippen LogP contribution in [0.15, 0.2) is 12.5 Å². The molecule has 0 fully saturated rings. The van der Waals surface area contributed by atoms with Crippen LogP contribution in [0.3, 0.4) is 0 Å². The predicted molar refractivity (Wildman–Crippen MR) is 43.0 cm³/mol. The SMILES string of the molecule is N[C@@H](Cc1cn(O)cn1)C(=O)OCl. The van der Waals surface area contributed by atoms with Crippen LogP contribution in [0.2, 0.25) is 0 Å². The molecule has 7 heteroatoms. The van der Waals surface area contributed by atoms with E-state index in [2.05, 4.69) is 9.27 Å². The van der Waals surface area contributed by atoms with Gasteiger partial charge in [-0.1, -0.05) is 0 Å². The Bertz CT molecular complexity index is 301. The van der Waals surface area contributed by atoms with E-state index in [-0.39, 0.29) is 6.42 Å². The van der Waals surface area contributed by atoms with Crippen molar-refractivity contribution in [3.63, 3.8) is 0 Å². The van der Waals surface area contributed by atoms with Crippen LogP contribution in [-0.4, -0.2) is 26.9 Å². The zero-order chi connectivity index (χ0) is 9.84. The van der Waals surface area contributed by atoms with E-state index in [4.69, 9.17) is 22.8 Å². The molecule has 0 amide bonds. The van der Waals surface area contributed by atoms with Gasteiger partial charge in [0.05, 0.1) is 11.9 Å². The van der Waals surface area contributed by atoms with Crippen LogP contribution in [0.1, 0.15) is 5.69 Å². The molecule has 0 aliphatic heterocycles. The van der Waals surface area contributed by atoms with Gasteiger partial charge in [-0.05, 0) is 0 Å². The lowest BCUT2D eigenvalue weighted by molar-refractivity contribution is -0.135. The summed E-state index contributed by atoms with van der Waals surface area (Å²) in [6.45, 7) is 0. The van der Waals surface area contributed by atoms with Gasteiger partial charge in [0.25, 0.3) is 0 Å². The van der Waals surface area contributed by atoms with Gasteiger partial charge < -0.3 is 15.2 Å². The summed E-state index contributed by atoms with van der Waals surface area (Å²) >= 11 is 4.81. The predicted octanol–water partition coefficient (Wildman–Crippen LogP) is -0.313. The summed E-state index contributed by atoms with van der Waals surface area (Å²) in [5, 5.41) is 8.83. The molecule has 0 radical (unpaired) electrons. The Kier molecular flexibility index (Phi) is 3.10. The highest BCUT2D eigenvalue weighted by atomic mass is 35.5. The number of imidazole rings is 1. The van der Waals surface area contributed by atoms with Crippen molar-refractivity contribution in [1.82, 2.24) is 9.71 Å². The highest BCUT2D eigenvalue weighted by Crippen LogP contribution is 2.00. The molecule has 3 N–H and O–H groups in total. The number of carbonyl (C=O) groups excluding carboxylic acids is 1. The summed E-state index contributed by atoms with van der Waals surface area (Å²) in [6, 6.07) is -0.868. The summed E-state index contributed by atoms with van der Waals surface area (Å²) in [5.74, 6) is -0.728. The maximum Gasteiger partial charge on any atom is 0.341 e. The van der Waals surface area contributed by atoms with Crippen molar-refractivity contribution in [2.24, 2.45) is 5.73 Å². The molecule has 0 saturated heterocycles. The van der Waals surface area contributed by atoms with Gasteiger partial charge in [-0.2, -0.15) is 4.73 Å². The highest BCUT2D eigenvalue weighted by Gasteiger charge is 2.16. The van der Waals surface area contributed by atoms with Gasteiger partial charge in [0, 0.05) is 6.42 Å². The van der Waals surface area contributed by atoms with Crippen molar-refractivity contribution in [2.45, 2.75) is 12.5 Å². The maximum absolute atomic E-state index is 10.7. The van der Waals surface area contributed by atoms with Crippen LogP contribution in [-0.2, 0) is 15.5 Å². The number of hydrogen-bond donors (Lipinski definition) is 2. The molecule has 0 saturated carbocycles. The van der Waals surface area contributed by atoms with E-state index < -0.39 is 12.0 Å². The molecule has 0 aromatic carbocycles. The Morgan fingerprint density at radius 3 is 3.08 bits per heavy atom. The molecule has 0 aliphatic carbocycles. The molecule has 0 aliphatic rings. The van der Waals surface area contributed by atoms with Gasteiger partial charge in [-0.25, -0.2) is 9.78 Å². The van der Waals surface area contributed by atoms with Crippen LogP contribution in [0, 0.1) is 0 Å². The van der Waals surface area contributed by atoms with Crippen LogP contribution < -0.4 is 5.73 Å². The highest BCUT2D eigenvalue weighted by molar-refractivity contribution is 6.13. The normalized spacial score (nSPS) is 12.5. The number of nitrogens with two attached hydrogens (primary N) is 1. The smallest absolute Gasteiger partial charge is 0.341 e.